The van der Waals surface area contributed by atoms with Crippen molar-refractivity contribution in [2.75, 3.05) is 0 Å². The molecular formula is C45H31N3. The van der Waals surface area contributed by atoms with Crippen LogP contribution in [0.1, 0.15) is 25.0 Å². The number of hydrogen-bond acceptors (Lipinski definition) is 2. The van der Waals surface area contributed by atoms with Crippen molar-refractivity contribution in [3.8, 4) is 39.6 Å². The molecule has 0 saturated heterocycles. The second kappa shape index (κ2) is 9.97. The summed E-state index contributed by atoms with van der Waals surface area (Å²) in [5, 5.41) is 7.21. The molecule has 1 aliphatic rings. The Kier molecular flexibility index (Phi) is 5.63. The lowest BCUT2D eigenvalue weighted by atomic mass is 9.81. The van der Waals surface area contributed by atoms with E-state index in [1.165, 1.54) is 60.1 Å². The third-order valence-corrected chi connectivity index (χ3v) is 10.4. The number of nitrogens with zero attached hydrogens (tertiary/aromatic N) is 3. The number of fused-ring (bicyclic) bond motifs is 9. The van der Waals surface area contributed by atoms with Crippen LogP contribution in [0.2, 0.25) is 0 Å². The van der Waals surface area contributed by atoms with E-state index >= 15 is 0 Å². The zero-order chi connectivity index (χ0) is 32.0. The molecule has 0 amide bonds. The molecule has 0 atom stereocenters. The molecule has 0 radical (unpaired) electrons. The number of hydrogen-bond donors (Lipinski definition) is 0. The van der Waals surface area contributed by atoms with Crippen LogP contribution in [0.4, 0.5) is 0 Å². The maximum atomic E-state index is 5.58. The van der Waals surface area contributed by atoms with Crippen molar-refractivity contribution in [2.24, 2.45) is 0 Å². The molecule has 7 aromatic carbocycles. The first-order valence-corrected chi connectivity index (χ1v) is 16.6. The van der Waals surface area contributed by atoms with Crippen LogP contribution in [0.5, 0.6) is 0 Å². The molecule has 1 aliphatic carbocycles. The molecule has 3 nitrogen and oxygen atoms in total. The predicted octanol–water partition coefficient (Wildman–Crippen LogP) is 11.5. The fraction of sp³-hybridized carbons (Fsp3) is 0.0667. The van der Waals surface area contributed by atoms with Crippen molar-refractivity contribution in [2.45, 2.75) is 19.3 Å². The number of rotatable bonds is 3. The first kappa shape index (κ1) is 27.1. The van der Waals surface area contributed by atoms with Gasteiger partial charge in [0.25, 0.3) is 0 Å². The summed E-state index contributed by atoms with van der Waals surface area (Å²) in [6.45, 7) is 4.62. The van der Waals surface area contributed by atoms with Gasteiger partial charge in [0.2, 0.25) is 5.95 Å². The monoisotopic (exact) mass is 613 g/mol. The van der Waals surface area contributed by atoms with Crippen molar-refractivity contribution in [3.63, 3.8) is 0 Å². The molecule has 2 aromatic heterocycles. The maximum Gasteiger partial charge on any atom is 0.235 e. The maximum absolute atomic E-state index is 5.58. The highest BCUT2D eigenvalue weighted by Gasteiger charge is 2.40. The van der Waals surface area contributed by atoms with Crippen LogP contribution in [0.15, 0.2) is 152 Å². The third-order valence-electron chi connectivity index (χ3n) is 10.4. The van der Waals surface area contributed by atoms with Gasteiger partial charge in [-0.05, 0) is 45.0 Å². The van der Waals surface area contributed by atoms with Gasteiger partial charge in [0.1, 0.15) is 0 Å². The zero-order valence-electron chi connectivity index (χ0n) is 26.8. The molecule has 0 bridgehead atoms. The van der Waals surface area contributed by atoms with Gasteiger partial charge in [0.15, 0.2) is 0 Å². The van der Waals surface area contributed by atoms with Gasteiger partial charge >= 0.3 is 0 Å². The first-order valence-electron chi connectivity index (χ1n) is 16.6. The Hall–Kier alpha value is -6.06. The highest BCUT2D eigenvalue weighted by molar-refractivity contribution is 6.20. The van der Waals surface area contributed by atoms with Crippen LogP contribution in [-0.4, -0.2) is 14.5 Å². The Labute approximate surface area is 278 Å². The normalized spacial score (nSPS) is 13.4. The molecule has 2 heterocycles. The van der Waals surface area contributed by atoms with Gasteiger partial charge < -0.3 is 0 Å². The van der Waals surface area contributed by atoms with Gasteiger partial charge in [0, 0.05) is 38.3 Å². The van der Waals surface area contributed by atoms with Crippen molar-refractivity contribution in [1.29, 1.82) is 0 Å². The molecular weight excluding hydrogens is 583 g/mol. The van der Waals surface area contributed by atoms with Crippen molar-refractivity contribution < 1.29 is 0 Å². The predicted molar refractivity (Wildman–Crippen MR) is 200 cm³/mol. The van der Waals surface area contributed by atoms with Crippen LogP contribution >= 0.6 is 0 Å². The van der Waals surface area contributed by atoms with E-state index in [-0.39, 0.29) is 5.41 Å². The Balaban J connectivity index is 1.33. The lowest BCUT2D eigenvalue weighted by Gasteiger charge is -2.24. The Morgan fingerprint density at radius 2 is 1.10 bits per heavy atom. The minimum absolute atomic E-state index is 0.262. The average Bonchev–Trinajstić information content (AvgIpc) is 3.59. The van der Waals surface area contributed by atoms with E-state index in [1.54, 1.807) is 0 Å². The van der Waals surface area contributed by atoms with Crippen LogP contribution in [0, 0.1) is 0 Å². The van der Waals surface area contributed by atoms with E-state index in [9.17, 15) is 0 Å². The fourth-order valence-corrected chi connectivity index (χ4v) is 8.04. The highest BCUT2D eigenvalue weighted by Crippen LogP contribution is 2.51. The molecule has 0 unspecified atom stereocenters. The van der Waals surface area contributed by atoms with Gasteiger partial charge in [-0.2, -0.15) is 0 Å². The second-order valence-electron chi connectivity index (χ2n) is 13.4. The average molecular weight is 614 g/mol. The highest BCUT2D eigenvalue weighted by atomic mass is 15.2. The molecule has 48 heavy (non-hydrogen) atoms. The van der Waals surface area contributed by atoms with Crippen molar-refractivity contribution >= 4 is 43.4 Å². The first-order chi connectivity index (χ1) is 23.6. The molecule has 3 heteroatoms. The quantitative estimate of drug-likeness (QED) is 0.198. The molecule has 226 valence electrons. The van der Waals surface area contributed by atoms with Crippen LogP contribution < -0.4 is 0 Å². The van der Waals surface area contributed by atoms with Crippen molar-refractivity contribution in [1.82, 2.24) is 14.5 Å². The molecule has 0 spiro atoms. The molecule has 9 aromatic rings. The number of aromatic nitrogens is 3. The zero-order valence-corrected chi connectivity index (χ0v) is 26.8. The smallest absolute Gasteiger partial charge is 0.235 e. The molecule has 0 N–H and O–H groups in total. The van der Waals surface area contributed by atoms with Gasteiger partial charge in [-0.15, -0.1) is 0 Å². The van der Waals surface area contributed by atoms with E-state index in [0.29, 0.717) is 5.95 Å². The van der Waals surface area contributed by atoms with Crippen LogP contribution in [0.25, 0.3) is 82.9 Å². The lowest BCUT2D eigenvalue weighted by molar-refractivity contribution is 0.657. The molecule has 0 fully saturated rings. The van der Waals surface area contributed by atoms with E-state index < -0.39 is 0 Å². The second-order valence-corrected chi connectivity index (χ2v) is 13.4. The topological polar surface area (TPSA) is 30.7 Å². The molecule has 10 rings (SSSR count). The van der Waals surface area contributed by atoms with Gasteiger partial charge in [-0.3, -0.25) is 4.57 Å². The Morgan fingerprint density at radius 3 is 1.92 bits per heavy atom. The van der Waals surface area contributed by atoms with Crippen LogP contribution in [0.3, 0.4) is 0 Å². The number of benzene rings is 7. The third kappa shape index (κ3) is 3.82. The Bertz CT molecular complexity index is 2730. The fourth-order valence-electron chi connectivity index (χ4n) is 8.04. The van der Waals surface area contributed by atoms with Gasteiger partial charge in [-0.1, -0.05) is 153 Å². The van der Waals surface area contributed by atoms with Crippen LogP contribution in [-0.2, 0) is 5.41 Å². The van der Waals surface area contributed by atoms with Gasteiger partial charge in [-0.25, -0.2) is 9.97 Å². The largest absolute Gasteiger partial charge is 0.277 e. The summed E-state index contributed by atoms with van der Waals surface area (Å²) in [6, 6.07) is 54.6. The lowest BCUT2D eigenvalue weighted by Crippen LogP contribution is -2.18. The minimum Gasteiger partial charge on any atom is -0.277 e. The summed E-state index contributed by atoms with van der Waals surface area (Å²) in [7, 11) is 0. The molecule has 0 aliphatic heterocycles. The molecule has 0 saturated carbocycles. The SMILES string of the molecule is CC1(C)c2ccccc2-c2nc(-n3c4cc5ccccc5cc4c4ccc5ccccc5c43)nc(-c3ccc(-c4ccccc4)cc3)c21. The summed E-state index contributed by atoms with van der Waals surface area (Å²) in [5.74, 6) is 0.690. The summed E-state index contributed by atoms with van der Waals surface area (Å²) in [6.07, 6.45) is 0. The summed E-state index contributed by atoms with van der Waals surface area (Å²) in [4.78, 5) is 11.1. The summed E-state index contributed by atoms with van der Waals surface area (Å²) in [5.41, 5.74) is 11.1. The van der Waals surface area contributed by atoms with Gasteiger partial charge in [0.05, 0.1) is 22.4 Å². The standard InChI is InChI=1S/C45H31N3/c1-45(2)38-19-11-10-18-36(38)42-40(45)41(31-22-20-29(21-23-31)28-12-4-3-5-13-28)46-44(47-42)48-39-27-33-16-7-6-15-32(33)26-37(39)35-25-24-30-14-8-9-17-34(30)43(35)48/h3-27H,1-2H3. The van der Waals surface area contributed by atoms with Crippen molar-refractivity contribution in [3.05, 3.63) is 163 Å². The van der Waals surface area contributed by atoms with E-state index in [4.69, 9.17) is 9.97 Å². The van der Waals surface area contributed by atoms with E-state index in [2.05, 4.69) is 170 Å². The van der Waals surface area contributed by atoms with E-state index in [1.807, 2.05) is 0 Å². The Morgan fingerprint density at radius 1 is 0.479 bits per heavy atom. The van der Waals surface area contributed by atoms with E-state index in [0.717, 1.165) is 28.0 Å². The summed E-state index contributed by atoms with van der Waals surface area (Å²) < 4.78 is 2.31. The minimum atomic E-state index is -0.262. The summed E-state index contributed by atoms with van der Waals surface area (Å²) >= 11 is 0.